The van der Waals surface area contributed by atoms with Crippen molar-refractivity contribution in [3.05, 3.63) is 66.6 Å². The van der Waals surface area contributed by atoms with Crippen molar-refractivity contribution < 1.29 is 14.3 Å². The Kier molecular flexibility index (Phi) is 4.10. The van der Waals surface area contributed by atoms with Crippen molar-refractivity contribution in [1.29, 1.82) is 0 Å². The number of methoxy groups -OCH3 is 2. The third-order valence-corrected chi connectivity index (χ3v) is 3.57. The van der Waals surface area contributed by atoms with E-state index in [2.05, 4.69) is 4.98 Å². The first-order valence-electron chi connectivity index (χ1n) is 7.08. The van der Waals surface area contributed by atoms with Gasteiger partial charge in [0.25, 0.3) is 0 Å². The lowest BCUT2D eigenvalue weighted by Gasteiger charge is -2.10. The first-order chi connectivity index (χ1) is 11.2. The quantitative estimate of drug-likeness (QED) is 0.694. The van der Waals surface area contributed by atoms with Gasteiger partial charge in [-0.25, -0.2) is 9.78 Å². The summed E-state index contributed by atoms with van der Waals surface area (Å²) in [5, 5.41) is 0. The molecule has 5 heteroatoms. The van der Waals surface area contributed by atoms with Crippen molar-refractivity contribution in [3.8, 4) is 22.7 Å². The highest BCUT2D eigenvalue weighted by Gasteiger charge is 2.10. The third-order valence-electron chi connectivity index (χ3n) is 3.57. The van der Waals surface area contributed by atoms with Crippen LogP contribution in [0.4, 0.5) is 0 Å². The second-order valence-corrected chi connectivity index (χ2v) is 4.92. The Labute approximate surface area is 134 Å². The number of aromatic nitrogens is 2. The van der Waals surface area contributed by atoms with E-state index in [1.54, 1.807) is 31.8 Å². The molecule has 0 spiro atoms. The first kappa shape index (κ1) is 14.8. The molecular formula is C18H16N2O3. The molecule has 116 valence electrons. The van der Waals surface area contributed by atoms with Crippen molar-refractivity contribution in [2.45, 2.75) is 0 Å². The standard InChI is InChI=1S/C18H16N2O3/c1-22-16-8-6-13(7-9-16)17-11-19-12-20(17)15-5-3-4-14(10-15)18(21)23-2/h3-12H,1-2H3. The minimum atomic E-state index is -0.363. The molecule has 3 aromatic rings. The van der Waals surface area contributed by atoms with Gasteiger partial charge in [0.15, 0.2) is 0 Å². The van der Waals surface area contributed by atoms with Crippen LogP contribution in [0.3, 0.4) is 0 Å². The van der Waals surface area contributed by atoms with E-state index in [1.807, 2.05) is 41.0 Å². The van der Waals surface area contributed by atoms with Crippen molar-refractivity contribution in [3.63, 3.8) is 0 Å². The molecule has 0 fully saturated rings. The van der Waals surface area contributed by atoms with Crippen LogP contribution in [0.25, 0.3) is 16.9 Å². The summed E-state index contributed by atoms with van der Waals surface area (Å²) in [5.74, 6) is 0.436. The zero-order valence-corrected chi connectivity index (χ0v) is 12.9. The summed E-state index contributed by atoms with van der Waals surface area (Å²) < 4.78 is 11.9. The van der Waals surface area contributed by atoms with Gasteiger partial charge in [0.2, 0.25) is 0 Å². The van der Waals surface area contributed by atoms with Gasteiger partial charge >= 0.3 is 5.97 Å². The number of rotatable bonds is 4. The summed E-state index contributed by atoms with van der Waals surface area (Å²) >= 11 is 0. The van der Waals surface area contributed by atoms with Crippen molar-refractivity contribution >= 4 is 5.97 Å². The molecule has 0 N–H and O–H groups in total. The van der Waals surface area contributed by atoms with Gasteiger partial charge in [-0.05, 0) is 42.5 Å². The largest absolute Gasteiger partial charge is 0.497 e. The minimum Gasteiger partial charge on any atom is -0.497 e. The van der Waals surface area contributed by atoms with Crippen LogP contribution in [0.2, 0.25) is 0 Å². The lowest BCUT2D eigenvalue weighted by molar-refractivity contribution is 0.0600. The van der Waals surface area contributed by atoms with E-state index in [-0.39, 0.29) is 5.97 Å². The fourth-order valence-corrected chi connectivity index (χ4v) is 2.38. The van der Waals surface area contributed by atoms with E-state index in [4.69, 9.17) is 9.47 Å². The number of carbonyl (C=O) groups excluding carboxylic acids is 1. The van der Waals surface area contributed by atoms with Gasteiger partial charge in [-0.15, -0.1) is 0 Å². The number of carbonyl (C=O) groups is 1. The fraction of sp³-hybridized carbons (Fsp3) is 0.111. The number of benzene rings is 2. The van der Waals surface area contributed by atoms with Crippen LogP contribution >= 0.6 is 0 Å². The third kappa shape index (κ3) is 2.94. The SMILES string of the molecule is COC(=O)c1cccc(-n2cncc2-c2ccc(OC)cc2)c1. The van der Waals surface area contributed by atoms with Crippen LogP contribution in [0.1, 0.15) is 10.4 Å². The van der Waals surface area contributed by atoms with Crippen LogP contribution in [-0.4, -0.2) is 29.7 Å². The summed E-state index contributed by atoms with van der Waals surface area (Å²) in [6.07, 6.45) is 3.50. The Morgan fingerprint density at radius 2 is 1.87 bits per heavy atom. The predicted octanol–water partition coefficient (Wildman–Crippen LogP) is 3.33. The number of imidazole rings is 1. The molecule has 1 aromatic heterocycles. The molecule has 0 unspecified atom stereocenters. The van der Waals surface area contributed by atoms with Crippen LogP contribution in [0, 0.1) is 0 Å². The maximum absolute atomic E-state index is 11.7. The summed E-state index contributed by atoms with van der Waals surface area (Å²) in [5.41, 5.74) is 3.28. The Morgan fingerprint density at radius 1 is 1.09 bits per heavy atom. The molecule has 0 aliphatic carbocycles. The van der Waals surface area contributed by atoms with E-state index >= 15 is 0 Å². The molecule has 2 aromatic carbocycles. The van der Waals surface area contributed by atoms with Crippen molar-refractivity contribution in [1.82, 2.24) is 9.55 Å². The van der Waals surface area contributed by atoms with E-state index in [1.165, 1.54) is 7.11 Å². The number of hydrogen-bond donors (Lipinski definition) is 0. The maximum Gasteiger partial charge on any atom is 0.337 e. The molecule has 0 radical (unpaired) electrons. The molecule has 1 heterocycles. The van der Waals surface area contributed by atoms with Gasteiger partial charge < -0.3 is 9.47 Å². The van der Waals surface area contributed by atoms with Crippen molar-refractivity contribution in [2.24, 2.45) is 0 Å². The van der Waals surface area contributed by atoms with Gasteiger partial charge in [-0.1, -0.05) is 6.07 Å². The topological polar surface area (TPSA) is 53.4 Å². The molecule has 0 aliphatic heterocycles. The lowest BCUT2D eigenvalue weighted by atomic mass is 10.1. The summed E-state index contributed by atoms with van der Waals surface area (Å²) in [7, 11) is 3.01. The van der Waals surface area contributed by atoms with Gasteiger partial charge in [0.1, 0.15) is 5.75 Å². The highest BCUT2D eigenvalue weighted by molar-refractivity contribution is 5.90. The number of nitrogens with zero attached hydrogens (tertiary/aromatic N) is 2. The van der Waals surface area contributed by atoms with Gasteiger partial charge in [0, 0.05) is 11.3 Å². The van der Waals surface area contributed by atoms with Crippen LogP contribution in [0.15, 0.2) is 61.1 Å². The number of hydrogen-bond acceptors (Lipinski definition) is 4. The molecular weight excluding hydrogens is 292 g/mol. The number of esters is 1. The van der Waals surface area contributed by atoms with E-state index in [0.29, 0.717) is 5.56 Å². The molecule has 23 heavy (non-hydrogen) atoms. The molecule has 0 atom stereocenters. The van der Waals surface area contributed by atoms with E-state index in [0.717, 1.165) is 22.7 Å². The summed E-state index contributed by atoms with van der Waals surface area (Å²) in [6.45, 7) is 0. The highest BCUT2D eigenvalue weighted by atomic mass is 16.5. The Bertz CT molecular complexity index is 822. The zero-order valence-electron chi connectivity index (χ0n) is 12.9. The van der Waals surface area contributed by atoms with Crippen molar-refractivity contribution in [2.75, 3.05) is 14.2 Å². The monoisotopic (exact) mass is 308 g/mol. The van der Waals surface area contributed by atoms with Gasteiger partial charge in [0.05, 0.1) is 38.0 Å². The summed E-state index contributed by atoms with van der Waals surface area (Å²) in [6, 6.07) is 15.0. The maximum atomic E-state index is 11.7. The van der Waals surface area contributed by atoms with E-state index in [9.17, 15) is 4.79 Å². The molecule has 0 amide bonds. The molecule has 0 aliphatic rings. The first-order valence-corrected chi connectivity index (χ1v) is 7.08. The smallest absolute Gasteiger partial charge is 0.337 e. The Balaban J connectivity index is 2.02. The molecule has 3 rings (SSSR count). The Hall–Kier alpha value is -3.08. The number of ether oxygens (including phenoxy) is 2. The van der Waals surface area contributed by atoms with E-state index < -0.39 is 0 Å². The minimum absolute atomic E-state index is 0.363. The average molecular weight is 308 g/mol. The van der Waals surface area contributed by atoms with Gasteiger partial charge in [-0.3, -0.25) is 4.57 Å². The molecule has 0 bridgehead atoms. The fourth-order valence-electron chi connectivity index (χ4n) is 2.38. The van der Waals surface area contributed by atoms with Crippen LogP contribution in [-0.2, 0) is 4.74 Å². The molecule has 0 saturated heterocycles. The lowest BCUT2D eigenvalue weighted by Crippen LogP contribution is -2.03. The summed E-state index contributed by atoms with van der Waals surface area (Å²) in [4.78, 5) is 15.9. The molecule has 5 nitrogen and oxygen atoms in total. The highest BCUT2D eigenvalue weighted by Crippen LogP contribution is 2.25. The predicted molar refractivity (Wildman–Crippen MR) is 86.9 cm³/mol. The normalized spacial score (nSPS) is 10.3. The van der Waals surface area contributed by atoms with Crippen LogP contribution in [0.5, 0.6) is 5.75 Å². The zero-order chi connectivity index (χ0) is 16.2. The average Bonchev–Trinajstić information content (AvgIpc) is 3.11. The second-order valence-electron chi connectivity index (χ2n) is 4.92. The second kappa shape index (κ2) is 6.36. The van der Waals surface area contributed by atoms with Gasteiger partial charge in [-0.2, -0.15) is 0 Å². The molecule has 0 saturated carbocycles. The Morgan fingerprint density at radius 3 is 2.57 bits per heavy atom. The van der Waals surface area contributed by atoms with Crippen LogP contribution < -0.4 is 4.74 Å².